The van der Waals surface area contributed by atoms with E-state index in [-0.39, 0.29) is 5.92 Å². The van der Waals surface area contributed by atoms with Crippen LogP contribution in [0.1, 0.15) is 30.1 Å². The third-order valence-electron chi connectivity index (χ3n) is 3.44. The van der Waals surface area contributed by atoms with Crippen molar-refractivity contribution in [3.63, 3.8) is 0 Å². The third kappa shape index (κ3) is 4.06. The van der Waals surface area contributed by atoms with Crippen LogP contribution in [0.4, 0.5) is 0 Å². The zero-order chi connectivity index (χ0) is 15.2. The van der Waals surface area contributed by atoms with Crippen LogP contribution in [0.5, 0.6) is 5.75 Å². The van der Waals surface area contributed by atoms with E-state index in [1.165, 1.54) is 0 Å². The van der Waals surface area contributed by atoms with Crippen LogP contribution in [0.2, 0.25) is 0 Å². The number of rotatable bonds is 6. The number of aliphatic hydroxyl groups excluding tert-OH is 1. The standard InChI is InChI=1S/C17H20BrNO2/c1-2-21-15-8-6-12(7-9-15)16(11-19)17(20)13-4-3-5-14(18)10-13/h3-10,16-17,20H,2,11,19H2,1H3. The van der Waals surface area contributed by atoms with E-state index in [0.717, 1.165) is 21.3 Å². The Hall–Kier alpha value is -1.36. The van der Waals surface area contributed by atoms with Crippen molar-refractivity contribution >= 4 is 15.9 Å². The summed E-state index contributed by atoms with van der Waals surface area (Å²) in [5, 5.41) is 10.6. The maximum absolute atomic E-state index is 10.6. The molecule has 2 unspecified atom stereocenters. The lowest BCUT2D eigenvalue weighted by molar-refractivity contribution is 0.147. The lowest BCUT2D eigenvalue weighted by atomic mass is 9.89. The predicted octanol–water partition coefficient (Wildman–Crippen LogP) is 3.62. The van der Waals surface area contributed by atoms with Crippen LogP contribution in [0, 0.1) is 0 Å². The fourth-order valence-corrected chi connectivity index (χ4v) is 2.77. The first-order valence-electron chi connectivity index (χ1n) is 7.02. The van der Waals surface area contributed by atoms with Crippen LogP contribution < -0.4 is 10.5 Å². The zero-order valence-electron chi connectivity index (χ0n) is 12.0. The topological polar surface area (TPSA) is 55.5 Å². The molecule has 0 saturated carbocycles. The molecule has 0 aliphatic carbocycles. The summed E-state index contributed by atoms with van der Waals surface area (Å²) in [5.74, 6) is 0.684. The normalized spacial score (nSPS) is 13.7. The van der Waals surface area contributed by atoms with Crippen LogP contribution in [0.3, 0.4) is 0 Å². The number of hydrogen-bond acceptors (Lipinski definition) is 3. The SMILES string of the molecule is CCOc1ccc(C(CN)C(O)c2cccc(Br)c2)cc1. The highest BCUT2D eigenvalue weighted by Crippen LogP contribution is 2.32. The quantitative estimate of drug-likeness (QED) is 0.837. The van der Waals surface area contributed by atoms with Crippen molar-refractivity contribution in [1.29, 1.82) is 0 Å². The van der Waals surface area contributed by atoms with Crippen molar-refractivity contribution in [3.05, 3.63) is 64.1 Å². The summed E-state index contributed by atoms with van der Waals surface area (Å²) in [6.45, 7) is 2.97. The van der Waals surface area contributed by atoms with Gasteiger partial charge in [-0.2, -0.15) is 0 Å². The van der Waals surface area contributed by atoms with Gasteiger partial charge in [-0.3, -0.25) is 0 Å². The number of nitrogens with two attached hydrogens (primary N) is 1. The van der Waals surface area contributed by atoms with Gasteiger partial charge in [-0.15, -0.1) is 0 Å². The van der Waals surface area contributed by atoms with Gasteiger partial charge in [0.25, 0.3) is 0 Å². The van der Waals surface area contributed by atoms with E-state index >= 15 is 0 Å². The number of aliphatic hydroxyl groups is 1. The van der Waals surface area contributed by atoms with Gasteiger partial charge >= 0.3 is 0 Å². The number of ether oxygens (including phenoxy) is 1. The molecule has 3 nitrogen and oxygen atoms in total. The Morgan fingerprint density at radius 1 is 1.14 bits per heavy atom. The summed E-state index contributed by atoms with van der Waals surface area (Å²) in [6.07, 6.45) is -0.634. The number of benzene rings is 2. The molecule has 0 heterocycles. The molecule has 0 aromatic heterocycles. The van der Waals surface area contributed by atoms with Crippen molar-refractivity contribution in [2.45, 2.75) is 18.9 Å². The van der Waals surface area contributed by atoms with Gasteiger partial charge in [0.2, 0.25) is 0 Å². The number of hydrogen-bond donors (Lipinski definition) is 2. The molecular weight excluding hydrogens is 330 g/mol. The molecule has 21 heavy (non-hydrogen) atoms. The van der Waals surface area contributed by atoms with Crippen molar-refractivity contribution in [2.24, 2.45) is 5.73 Å². The van der Waals surface area contributed by atoms with Crippen LogP contribution in [-0.2, 0) is 0 Å². The lowest BCUT2D eigenvalue weighted by Gasteiger charge is -2.22. The second kappa shape index (κ2) is 7.59. The van der Waals surface area contributed by atoms with E-state index in [1.54, 1.807) is 0 Å². The molecule has 2 rings (SSSR count). The monoisotopic (exact) mass is 349 g/mol. The van der Waals surface area contributed by atoms with Gasteiger partial charge in [0, 0.05) is 16.9 Å². The van der Waals surface area contributed by atoms with Crippen molar-refractivity contribution in [3.8, 4) is 5.75 Å². The van der Waals surface area contributed by atoms with Gasteiger partial charge < -0.3 is 15.6 Å². The maximum Gasteiger partial charge on any atom is 0.119 e. The molecule has 2 atom stereocenters. The van der Waals surface area contributed by atoms with Crippen molar-refractivity contribution in [2.75, 3.05) is 13.2 Å². The first kappa shape index (κ1) is 16.0. The molecule has 3 N–H and O–H groups in total. The van der Waals surface area contributed by atoms with E-state index in [9.17, 15) is 5.11 Å². The minimum Gasteiger partial charge on any atom is -0.494 e. The Morgan fingerprint density at radius 2 is 1.86 bits per heavy atom. The van der Waals surface area contributed by atoms with Gasteiger partial charge in [-0.1, -0.05) is 40.2 Å². The van der Waals surface area contributed by atoms with E-state index < -0.39 is 6.10 Å². The fourth-order valence-electron chi connectivity index (χ4n) is 2.35. The second-order valence-electron chi connectivity index (χ2n) is 4.84. The molecule has 112 valence electrons. The molecule has 0 fully saturated rings. The fraction of sp³-hybridized carbons (Fsp3) is 0.294. The molecule has 4 heteroatoms. The molecule has 0 bridgehead atoms. The van der Waals surface area contributed by atoms with Crippen LogP contribution >= 0.6 is 15.9 Å². The summed E-state index contributed by atoms with van der Waals surface area (Å²) in [6, 6.07) is 15.4. The first-order chi connectivity index (χ1) is 10.2. The predicted molar refractivity (Wildman–Crippen MR) is 88.5 cm³/mol. The Balaban J connectivity index is 2.22. The minimum atomic E-state index is -0.634. The highest BCUT2D eigenvalue weighted by molar-refractivity contribution is 9.10. The molecule has 2 aromatic carbocycles. The summed E-state index contributed by atoms with van der Waals surface area (Å²) < 4.78 is 6.38. The summed E-state index contributed by atoms with van der Waals surface area (Å²) >= 11 is 3.43. The van der Waals surface area contributed by atoms with Gasteiger partial charge in [-0.05, 0) is 42.3 Å². The van der Waals surface area contributed by atoms with Crippen molar-refractivity contribution in [1.82, 2.24) is 0 Å². The highest BCUT2D eigenvalue weighted by Gasteiger charge is 2.21. The Labute approximate surface area is 133 Å². The average molecular weight is 350 g/mol. The molecule has 0 amide bonds. The Morgan fingerprint density at radius 3 is 2.43 bits per heavy atom. The maximum atomic E-state index is 10.6. The average Bonchev–Trinajstić information content (AvgIpc) is 2.50. The number of halogens is 1. The summed E-state index contributed by atoms with van der Waals surface area (Å²) in [7, 11) is 0. The molecule has 0 saturated heterocycles. The van der Waals surface area contributed by atoms with E-state index in [4.69, 9.17) is 10.5 Å². The molecule has 0 aliphatic rings. The molecular formula is C17H20BrNO2. The van der Waals surface area contributed by atoms with Gasteiger partial charge in [0.15, 0.2) is 0 Å². The highest BCUT2D eigenvalue weighted by atomic mass is 79.9. The smallest absolute Gasteiger partial charge is 0.119 e. The van der Waals surface area contributed by atoms with E-state index in [2.05, 4.69) is 15.9 Å². The van der Waals surface area contributed by atoms with Gasteiger partial charge in [-0.25, -0.2) is 0 Å². The van der Waals surface area contributed by atoms with Crippen molar-refractivity contribution < 1.29 is 9.84 Å². The molecule has 0 spiro atoms. The third-order valence-corrected chi connectivity index (χ3v) is 3.94. The summed E-state index contributed by atoms with van der Waals surface area (Å²) in [5.41, 5.74) is 7.74. The Kier molecular flexibility index (Phi) is 5.79. The van der Waals surface area contributed by atoms with E-state index in [1.807, 2.05) is 55.5 Å². The molecule has 2 aromatic rings. The van der Waals surface area contributed by atoms with Gasteiger partial charge in [0.1, 0.15) is 5.75 Å². The van der Waals surface area contributed by atoms with Crippen LogP contribution in [-0.4, -0.2) is 18.3 Å². The van der Waals surface area contributed by atoms with Gasteiger partial charge in [0.05, 0.1) is 12.7 Å². The molecule has 0 radical (unpaired) electrons. The first-order valence-corrected chi connectivity index (χ1v) is 7.81. The summed E-state index contributed by atoms with van der Waals surface area (Å²) in [4.78, 5) is 0. The Bertz CT molecular complexity index is 571. The second-order valence-corrected chi connectivity index (χ2v) is 5.76. The largest absolute Gasteiger partial charge is 0.494 e. The van der Waals surface area contributed by atoms with E-state index in [0.29, 0.717) is 13.2 Å². The van der Waals surface area contributed by atoms with Crippen LogP contribution in [0.15, 0.2) is 53.0 Å². The zero-order valence-corrected chi connectivity index (χ0v) is 13.6. The lowest BCUT2D eigenvalue weighted by Crippen LogP contribution is -2.20. The minimum absolute atomic E-state index is 0.144. The molecule has 0 aliphatic heterocycles. The van der Waals surface area contributed by atoms with Crippen LogP contribution in [0.25, 0.3) is 0 Å².